The maximum Gasteiger partial charge on any atom is 0.408 e. The van der Waals surface area contributed by atoms with Crippen molar-refractivity contribution in [2.24, 2.45) is 11.8 Å². The number of ether oxygens (including phenoxy) is 1. The first kappa shape index (κ1) is 27.7. The van der Waals surface area contributed by atoms with E-state index in [9.17, 15) is 14.4 Å². The molecule has 1 saturated carbocycles. The molecular formula is C27H43N3O4. The van der Waals surface area contributed by atoms with Crippen LogP contribution in [0.15, 0.2) is 18.2 Å². The first-order chi connectivity index (χ1) is 15.6. The molecule has 1 aromatic rings. The minimum Gasteiger partial charge on any atom is -0.444 e. The van der Waals surface area contributed by atoms with Gasteiger partial charge in [0.1, 0.15) is 17.7 Å². The highest BCUT2D eigenvalue weighted by Gasteiger charge is 2.48. The molecule has 7 nitrogen and oxygen atoms in total. The van der Waals surface area contributed by atoms with Crippen LogP contribution in [0, 0.1) is 25.7 Å². The fourth-order valence-electron chi connectivity index (χ4n) is 4.02. The summed E-state index contributed by atoms with van der Waals surface area (Å²) in [6.07, 6.45) is 0.178. The Morgan fingerprint density at radius 1 is 1.03 bits per heavy atom. The lowest BCUT2D eigenvalue weighted by Gasteiger charge is -2.36. The average Bonchev–Trinajstić information content (AvgIpc) is 3.39. The van der Waals surface area contributed by atoms with Crippen LogP contribution in [-0.2, 0) is 14.3 Å². The predicted molar refractivity (Wildman–Crippen MR) is 134 cm³/mol. The predicted octanol–water partition coefficient (Wildman–Crippen LogP) is 4.66. The van der Waals surface area contributed by atoms with Crippen LogP contribution in [0.3, 0.4) is 0 Å². The van der Waals surface area contributed by atoms with Gasteiger partial charge in [0.05, 0.1) is 0 Å². The lowest BCUT2D eigenvalue weighted by atomic mass is 9.96. The number of aryl methyl sites for hydroxylation is 2. The van der Waals surface area contributed by atoms with Crippen LogP contribution >= 0.6 is 0 Å². The highest BCUT2D eigenvalue weighted by Crippen LogP contribution is 2.41. The van der Waals surface area contributed by atoms with Crippen molar-refractivity contribution in [1.29, 1.82) is 0 Å². The number of benzene rings is 1. The molecule has 0 spiro atoms. The highest BCUT2D eigenvalue weighted by atomic mass is 16.6. The molecule has 0 saturated heterocycles. The molecule has 1 fully saturated rings. The van der Waals surface area contributed by atoms with E-state index in [4.69, 9.17) is 4.74 Å². The van der Waals surface area contributed by atoms with Crippen LogP contribution in [0.25, 0.3) is 0 Å². The number of nitrogens with zero attached hydrogens (tertiary/aromatic N) is 1. The van der Waals surface area contributed by atoms with Gasteiger partial charge in [-0.3, -0.25) is 9.59 Å². The average molecular weight is 474 g/mol. The van der Waals surface area contributed by atoms with Gasteiger partial charge in [-0.1, -0.05) is 39.0 Å². The third-order valence-corrected chi connectivity index (χ3v) is 6.09. The molecule has 1 aromatic carbocycles. The normalized spacial score (nSPS) is 19.4. The smallest absolute Gasteiger partial charge is 0.408 e. The van der Waals surface area contributed by atoms with E-state index >= 15 is 0 Å². The van der Waals surface area contributed by atoms with Crippen LogP contribution in [0.5, 0.6) is 0 Å². The number of carbonyl (C=O) groups excluding carboxylic acids is 3. The van der Waals surface area contributed by atoms with Gasteiger partial charge >= 0.3 is 6.09 Å². The summed E-state index contributed by atoms with van der Waals surface area (Å²) in [6.45, 7) is 19.0. The summed E-state index contributed by atoms with van der Waals surface area (Å²) in [7, 11) is 0. The van der Waals surface area contributed by atoms with Crippen molar-refractivity contribution in [3.8, 4) is 0 Å². The van der Waals surface area contributed by atoms with Crippen molar-refractivity contribution in [2.45, 2.75) is 105 Å². The van der Waals surface area contributed by atoms with Gasteiger partial charge in [0, 0.05) is 12.1 Å². The van der Waals surface area contributed by atoms with E-state index in [2.05, 4.69) is 17.6 Å². The third kappa shape index (κ3) is 7.21. The Labute approximate surface area is 205 Å². The Morgan fingerprint density at radius 2 is 1.62 bits per heavy atom. The number of rotatable bonds is 8. The molecule has 1 aliphatic rings. The Kier molecular flexibility index (Phi) is 8.78. The minimum atomic E-state index is -0.816. The molecule has 4 atom stereocenters. The number of amides is 3. The summed E-state index contributed by atoms with van der Waals surface area (Å²) in [5.74, 6) is -0.396. The van der Waals surface area contributed by atoms with Crippen molar-refractivity contribution >= 4 is 17.9 Å². The first-order valence-corrected chi connectivity index (χ1v) is 12.3. The second-order valence-corrected chi connectivity index (χ2v) is 11.3. The molecule has 2 N–H and O–H groups in total. The lowest BCUT2D eigenvalue weighted by molar-refractivity contribution is -0.144. The number of carbonyl (C=O) groups is 3. The van der Waals surface area contributed by atoms with Crippen molar-refractivity contribution < 1.29 is 19.1 Å². The number of alkyl carbamates (subject to hydrolysis) is 1. The van der Waals surface area contributed by atoms with Gasteiger partial charge in [-0.15, -0.1) is 0 Å². The molecule has 190 valence electrons. The van der Waals surface area contributed by atoms with Crippen LogP contribution in [0.1, 0.15) is 84.5 Å². The summed E-state index contributed by atoms with van der Waals surface area (Å²) >= 11 is 0. The topological polar surface area (TPSA) is 87.7 Å². The summed E-state index contributed by atoms with van der Waals surface area (Å²) in [6, 6.07) is 4.15. The summed E-state index contributed by atoms with van der Waals surface area (Å²) in [5, 5.41) is 5.78. The quantitative estimate of drug-likeness (QED) is 0.575. The van der Waals surface area contributed by atoms with E-state index < -0.39 is 23.8 Å². The van der Waals surface area contributed by atoms with Crippen LogP contribution in [-0.4, -0.2) is 46.5 Å². The van der Waals surface area contributed by atoms with Gasteiger partial charge in [-0.2, -0.15) is 0 Å². The maximum atomic E-state index is 14.0. The van der Waals surface area contributed by atoms with Crippen molar-refractivity contribution in [1.82, 2.24) is 15.5 Å². The van der Waals surface area contributed by atoms with E-state index in [0.717, 1.165) is 23.1 Å². The molecule has 0 radical (unpaired) electrons. The molecule has 34 heavy (non-hydrogen) atoms. The second kappa shape index (κ2) is 10.8. The zero-order chi connectivity index (χ0) is 26.0. The largest absolute Gasteiger partial charge is 0.444 e. The Hall–Kier alpha value is -2.57. The highest BCUT2D eigenvalue weighted by molar-refractivity contribution is 5.93. The van der Waals surface area contributed by atoms with Crippen molar-refractivity contribution in [2.75, 3.05) is 0 Å². The summed E-state index contributed by atoms with van der Waals surface area (Å²) in [4.78, 5) is 41.8. The van der Waals surface area contributed by atoms with Crippen molar-refractivity contribution in [3.05, 3.63) is 34.9 Å². The van der Waals surface area contributed by atoms with E-state index in [1.54, 1.807) is 25.7 Å². The van der Waals surface area contributed by atoms with Gasteiger partial charge in [0.2, 0.25) is 11.8 Å². The third-order valence-electron chi connectivity index (χ3n) is 6.09. The minimum absolute atomic E-state index is 0.0706. The van der Waals surface area contributed by atoms with Crippen LogP contribution < -0.4 is 10.6 Å². The molecule has 2 rings (SSSR count). The molecule has 4 unspecified atom stereocenters. The molecule has 0 aromatic heterocycles. The molecular weight excluding hydrogens is 430 g/mol. The number of hydrogen-bond donors (Lipinski definition) is 2. The zero-order valence-corrected chi connectivity index (χ0v) is 22.5. The van der Waals surface area contributed by atoms with Gasteiger partial charge in [0.25, 0.3) is 0 Å². The second-order valence-electron chi connectivity index (χ2n) is 11.3. The lowest BCUT2D eigenvalue weighted by Crippen LogP contribution is -2.56. The number of nitrogens with one attached hydrogen (secondary N) is 2. The van der Waals surface area contributed by atoms with Gasteiger partial charge in [-0.05, 0) is 83.4 Å². The summed E-state index contributed by atoms with van der Waals surface area (Å²) < 4.78 is 5.42. The molecule has 1 aliphatic carbocycles. The van der Waals surface area contributed by atoms with E-state index in [-0.39, 0.29) is 35.7 Å². The van der Waals surface area contributed by atoms with Gasteiger partial charge < -0.3 is 20.3 Å². The standard InChI is InChI=1S/C27H43N3O4/c1-15(2)22(29-26(33)34-27(8,9)10)25(32)30(21-14-19(21)7)23(24(31)28-16(3)4)20-12-11-17(5)18(6)13-20/h11-13,15-16,19,21-23H,14H2,1-10H3,(H,28,31)(H,29,33). The Balaban J connectivity index is 2.50. The summed E-state index contributed by atoms with van der Waals surface area (Å²) in [5.41, 5.74) is 2.27. The van der Waals surface area contributed by atoms with Crippen molar-refractivity contribution in [3.63, 3.8) is 0 Å². The van der Waals surface area contributed by atoms with Crippen LogP contribution in [0.4, 0.5) is 4.79 Å². The maximum absolute atomic E-state index is 14.0. The zero-order valence-electron chi connectivity index (χ0n) is 22.5. The fraction of sp³-hybridized carbons (Fsp3) is 0.667. The Bertz CT molecular complexity index is 904. The SMILES string of the molecule is Cc1ccc(C(C(=O)NC(C)C)N(C(=O)C(NC(=O)OC(C)(C)C)C(C)C)C2CC2C)cc1C. The van der Waals surface area contributed by atoms with Gasteiger partial charge in [-0.25, -0.2) is 4.79 Å². The fourth-order valence-corrected chi connectivity index (χ4v) is 4.02. The van der Waals surface area contributed by atoms with Gasteiger partial charge in [0.15, 0.2) is 0 Å². The monoisotopic (exact) mass is 473 g/mol. The molecule has 0 aliphatic heterocycles. The Morgan fingerprint density at radius 3 is 2.06 bits per heavy atom. The molecule has 7 heteroatoms. The molecule has 0 bridgehead atoms. The number of hydrogen-bond acceptors (Lipinski definition) is 4. The van der Waals surface area contributed by atoms with Crippen LogP contribution in [0.2, 0.25) is 0 Å². The van der Waals surface area contributed by atoms with E-state index in [0.29, 0.717) is 0 Å². The van der Waals surface area contributed by atoms with E-state index in [1.807, 2.05) is 59.7 Å². The van der Waals surface area contributed by atoms with E-state index in [1.165, 1.54) is 0 Å². The first-order valence-electron chi connectivity index (χ1n) is 12.3. The molecule has 0 heterocycles. The molecule has 3 amide bonds.